The molecule has 0 saturated carbocycles. The molecule has 2 unspecified atom stereocenters. The fourth-order valence-electron chi connectivity index (χ4n) is 6.83. The summed E-state index contributed by atoms with van der Waals surface area (Å²) >= 11 is 1.36. The van der Waals surface area contributed by atoms with E-state index in [1.54, 1.807) is 0 Å². The number of ether oxygens (including phenoxy) is 4. The second kappa shape index (κ2) is 36.2. The molecule has 0 aromatic heterocycles. The Labute approximate surface area is 332 Å². The van der Waals surface area contributed by atoms with Gasteiger partial charge in [-0.25, -0.2) is 0 Å². The lowest BCUT2D eigenvalue weighted by atomic mass is 10.1. The molecule has 0 bridgehead atoms. The maximum Gasteiger partial charge on any atom is 0.184 e. The first-order valence-corrected chi connectivity index (χ1v) is 23.5. The highest BCUT2D eigenvalue weighted by molar-refractivity contribution is 7.93. The molecule has 1 fully saturated rings. The van der Waals surface area contributed by atoms with Crippen LogP contribution in [0.1, 0.15) is 205 Å². The van der Waals surface area contributed by atoms with Crippen molar-refractivity contribution in [2.45, 2.75) is 206 Å². The maximum atomic E-state index is 6.26. The van der Waals surface area contributed by atoms with Gasteiger partial charge >= 0.3 is 0 Å². The highest BCUT2D eigenvalue weighted by Crippen LogP contribution is 2.33. The molecule has 1 aliphatic rings. The van der Waals surface area contributed by atoms with Crippen LogP contribution in [0.5, 0.6) is 11.5 Å². The summed E-state index contributed by atoms with van der Waals surface area (Å²) in [6.07, 6.45) is 47.7. The summed E-state index contributed by atoms with van der Waals surface area (Å²) in [6, 6.07) is 6.14. The summed E-state index contributed by atoms with van der Waals surface area (Å²) < 4.78 is 30.2. The van der Waals surface area contributed by atoms with E-state index in [4.69, 9.17) is 23.1 Å². The molecule has 0 aliphatic carbocycles. The summed E-state index contributed by atoms with van der Waals surface area (Å²) in [6.45, 7) is 7.05. The Morgan fingerprint density at radius 2 is 0.943 bits per heavy atom. The van der Waals surface area contributed by atoms with Gasteiger partial charge in [0.1, 0.15) is 17.6 Å². The zero-order chi connectivity index (χ0) is 37.7. The quantitative estimate of drug-likeness (QED) is 0.0380. The Kier molecular flexibility index (Phi) is 32.6. The second-order valence-electron chi connectivity index (χ2n) is 15.2. The molecule has 0 spiro atoms. The van der Waals surface area contributed by atoms with E-state index in [9.17, 15) is 0 Å². The van der Waals surface area contributed by atoms with Gasteiger partial charge in [0.2, 0.25) is 0 Å². The zero-order valence-electron chi connectivity index (χ0n) is 34.8. The van der Waals surface area contributed by atoms with Gasteiger partial charge < -0.3 is 23.1 Å². The number of hydrogen-bond acceptors (Lipinski definition) is 6. The molecule has 1 heterocycles. The monoisotopic (exact) mass is 759 g/mol. The molecule has 2 rings (SSSR count). The van der Waals surface area contributed by atoms with Crippen molar-refractivity contribution in [2.24, 2.45) is 0 Å². The van der Waals surface area contributed by atoms with Gasteiger partial charge in [-0.3, -0.25) is 0 Å². The standard InChI is InChI=1S/C47H82O5S/c1-4-6-8-10-12-14-16-18-20-22-24-26-28-30-32-34-36-48-44-38-43(47-50-41-46(52-47)42-51-53-3)39-45(40-44)49-37-35-33-31-29-27-25-23-21-19-17-15-13-11-9-7-5-2/h18-21,38-40,46-47H,4-17,22-37,41-42H2,1-3H3/b20-18-,21-19-. The molecular formula is C47H82O5S. The molecule has 5 nitrogen and oxygen atoms in total. The van der Waals surface area contributed by atoms with Gasteiger partial charge in [0.15, 0.2) is 6.29 Å². The third-order valence-corrected chi connectivity index (χ3v) is 10.5. The molecule has 2 atom stereocenters. The Hall–Kier alpha value is -1.47. The molecule has 0 radical (unpaired) electrons. The van der Waals surface area contributed by atoms with E-state index in [1.165, 1.54) is 179 Å². The number of hydrogen-bond donors (Lipinski definition) is 0. The van der Waals surface area contributed by atoms with Crippen molar-refractivity contribution in [2.75, 3.05) is 32.7 Å². The van der Waals surface area contributed by atoms with Crippen LogP contribution >= 0.6 is 12.0 Å². The van der Waals surface area contributed by atoms with Gasteiger partial charge in [0.05, 0.1) is 26.4 Å². The van der Waals surface area contributed by atoms with E-state index in [1.807, 2.05) is 12.3 Å². The maximum absolute atomic E-state index is 6.26. The number of allylic oxidation sites excluding steroid dienone is 4. The van der Waals surface area contributed by atoms with E-state index in [0.717, 1.165) is 43.1 Å². The summed E-state index contributed by atoms with van der Waals surface area (Å²) in [5.41, 5.74) is 0.950. The van der Waals surface area contributed by atoms with Crippen molar-refractivity contribution in [1.29, 1.82) is 0 Å². The Morgan fingerprint density at radius 1 is 0.547 bits per heavy atom. The third-order valence-electron chi connectivity index (χ3n) is 10.1. The van der Waals surface area contributed by atoms with Crippen molar-refractivity contribution in [3.8, 4) is 11.5 Å². The number of benzene rings is 1. The molecule has 53 heavy (non-hydrogen) atoms. The van der Waals surface area contributed by atoms with Crippen LogP contribution in [0.3, 0.4) is 0 Å². The van der Waals surface area contributed by atoms with Crippen molar-refractivity contribution in [1.82, 2.24) is 0 Å². The van der Waals surface area contributed by atoms with E-state index in [2.05, 4.69) is 50.3 Å². The lowest BCUT2D eigenvalue weighted by Gasteiger charge is -2.16. The van der Waals surface area contributed by atoms with Crippen LogP contribution in [-0.4, -0.2) is 38.8 Å². The molecule has 1 aromatic carbocycles. The van der Waals surface area contributed by atoms with Gasteiger partial charge in [-0.15, -0.1) is 0 Å². The van der Waals surface area contributed by atoms with Gasteiger partial charge in [-0.1, -0.05) is 154 Å². The average Bonchev–Trinajstić information content (AvgIpc) is 3.65. The van der Waals surface area contributed by atoms with Crippen LogP contribution in [0.15, 0.2) is 42.5 Å². The van der Waals surface area contributed by atoms with Crippen LogP contribution in [-0.2, 0) is 13.7 Å². The van der Waals surface area contributed by atoms with Crippen LogP contribution < -0.4 is 9.47 Å². The third kappa shape index (κ3) is 27.7. The fraction of sp³-hybridized carbons (Fsp3) is 0.787. The smallest absolute Gasteiger partial charge is 0.184 e. The molecule has 306 valence electrons. The Morgan fingerprint density at radius 3 is 1.36 bits per heavy atom. The molecule has 1 saturated heterocycles. The molecular weight excluding hydrogens is 677 g/mol. The largest absolute Gasteiger partial charge is 0.493 e. The minimum absolute atomic E-state index is 0.0661. The van der Waals surface area contributed by atoms with E-state index >= 15 is 0 Å². The van der Waals surface area contributed by atoms with Gasteiger partial charge in [0, 0.05) is 17.9 Å². The SMILES string of the molecule is CCCCCCCC/C=C\CCCCCCCCOc1cc(OCCCCCCCC/C=C\CCCCCCCC)cc(C2OCC(COSC)O2)c1. The summed E-state index contributed by atoms with van der Waals surface area (Å²) in [5, 5.41) is 0. The first-order chi connectivity index (χ1) is 26.3. The molecule has 0 amide bonds. The minimum Gasteiger partial charge on any atom is -0.493 e. The average molecular weight is 759 g/mol. The van der Waals surface area contributed by atoms with Crippen molar-refractivity contribution in [3.05, 3.63) is 48.1 Å². The number of rotatable bonds is 38. The molecule has 1 aromatic rings. The molecule has 1 aliphatic heterocycles. The summed E-state index contributed by atoms with van der Waals surface area (Å²) in [5.74, 6) is 1.67. The first-order valence-electron chi connectivity index (χ1n) is 22.4. The topological polar surface area (TPSA) is 46.2 Å². The minimum atomic E-state index is -0.424. The summed E-state index contributed by atoms with van der Waals surface area (Å²) in [4.78, 5) is 0. The fourth-order valence-corrected chi connectivity index (χ4v) is 7.12. The van der Waals surface area contributed by atoms with E-state index in [-0.39, 0.29) is 6.10 Å². The van der Waals surface area contributed by atoms with Gasteiger partial charge in [-0.2, -0.15) is 0 Å². The van der Waals surface area contributed by atoms with Gasteiger partial charge in [-0.05, 0) is 88.4 Å². The van der Waals surface area contributed by atoms with Crippen molar-refractivity contribution >= 4 is 12.0 Å². The van der Waals surface area contributed by atoms with Gasteiger partial charge in [0.25, 0.3) is 0 Å². The van der Waals surface area contributed by atoms with Crippen LogP contribution in [0.25, 0.3) is 0 Å². The normalized spacial score (nSPS) is 16.1. The lowest BCUT2D eigenvalue weighted by Crippen LogP contribution is -2.15. The van der Waals surface area contributed by atoms with Crippen molar-refractivity contribution < 1.29 is 23.1 Å². The first kappa shape index (κ1) is 47.7. The Bertz CT molecular complexity index is 935. The summed E-state index contributed by atoms with van der Waals surface area (Å²) in [7, 11) is 0. The van der Waals surface area contributed by atoms with E-state index < -0.39 is 6.29 Å². The van der Waals surface area contributed by atoms with Crippen molar-refractivity contribution in [3.63, 3.8) is 0 Å². The molecule has 0 N–H and O–H groups in total. The van der Waals surface area contributed by atoms with Crippen LogP contribution in [0.2, 0.25) is 0 Å². The lowest BCUT2D eigenvalue weighted by molar-refractivity contribution is -0.0652. The number of unbranched alkanes of at least 4 members (excludes halogenated alkanes) is 24. The van der Waals surface area contributed by atoms with E-state index in [0.29, 0.717) is 13.2 Å². The highest BCUT2D eigenvalue weighted by Gasteiger charge is 2.28. The predicted octanol–water partition coefficient (Wildman–Crippen LogP) is 15.2. The molecule has 6 heteroatoms. The van der Waals surface area contributed by atoms with Crippen LogP contribution in [0, 0.1) is 0 Å². The second-order valence-corrected chi connectivity index (χ2v) is 15.8. The predicted molar refractivity (Wildman–Crippen MR) is 229 cm³/mol. The zero-order valence-corrected chi connectivity index (χ0v) is 35.6. The van der Waals surface area contributed by atoms with Crippen LogP contribution in [0.4, 0.5) is 0 Å². The highest BCUT2D eigenvalue weighted by atomic mass is 32.2. The Balaban J connectivity index is 1.60.